The van der Waals surface area contributed by atoms with Crippen LogP contribution in [-0.2, 0) is 27.2 Å². The van der Waals surface area contributed by atoms with E-state index in [1.165, 1.54) is 0 Å². The standard InChI is InChI=1S/C26H44F3N5O3SSi/c1-24(2,3)38(35)33-19(15-37-25(4,5)26(27,28)29)23-32-22-20(34(23)16-36-13-14-39(6,7)8)12-11-18(31-22)21(30)17-9-10-17/h11-12,17,19,21,33H,9-10,13-16,30H2,1-8H3/t19-,21+,38+/m0/s1. The summed E-state index contributed by atoms with van der Waals surface area (Å²) < 4.78 is 69.5. The maximum absolute atomic E-state index is 13.6. The minimum absolute atomic E-state index is 0.120. The van der Waals surface area contributed by atoms with Gasteiger partial charge in [0.1, 0.15) is 18.6 Å². The molecule has 1 saturated carbocycles. The molecule has 0 spiro atoms. The van der Waals surface area contributed by atoms with E-state index in [2.05, 4.69) is 24.4 Å². The first-order chi connectivity index (χ1) is 17.8. The van der Waals surface area contributed by atoms with Crippen LogP contribution in [0.4, 0.5) is 13.2 Å². The Morgan fingerprint density at radius 2 is 1.79 bits per heavy atom. The summed E-state index contributed by atoms with van der Waals surface area (Å²) in [4.78, 5) is 9.44. The number of imidazole rings is 1. The number of alkyl halides is 3. The summed E-state index contributed by atoms with van der Waals surface area (Å²) in [5.74, 6) is 0.737. The maximum atomic E-state index is 13.6. The molecule has 3 rings (SSSR count). The molecule has 0 saturated heterocycles. The van der Waals surface area contributed by atoms with E-state index in [0.717, 1.165) is 38.4 Å². The summed E-state index contributed by atoms with van der Waals surface area (Å²) >= 11 is 0. The van der Waals surface area contributed by atoms with E-state index in [0.29, 0.717) is 29.5 Å². The molecule has 3 N–H and O–H groups in total. The summed E-state index contributed by atoms with van der Waals surface area (Å²) in [6.45, 7) is 14.3. The Balaban J connectivity index is 2.02. The minimum atomic E-state index is -4.59. The lowest BCUT2D eigenvalue weighted by Gasteiger charge is -2.31. The van der Waals surface area contributed by atoms with Crippen molar-refractivity contribution < 1.29 is 26.9 Å². The fraction of sp³-hybridized carbons (Fsp3) is 0.769. The van der Waals surface area contributed by atoms with E-state index in [1.54, 1.807) is 25.3 Å². The second-order valence-electron chi connectivity index (χ2n) is 13.1. The monoisotopic (exact) mass is 591 g/mol. The van der Waals surface area contributed by atoms with Crippen molar-refractivity contribution >= 4 is 30.2 Å². The number of halogens is 3. The molecule has 2 aromatic heterocycles. The van der Waals surface area contributed by atoms with Gasteiger partial charge in [0.2, 0.25) is 0 Å². The second-order valence-corrected chi connectivity index (χ2v) is 20.7. The van der Waals surface area contributed by atoms with Crippen molar-refractivity contribution in [3.05, 3.63) is 23.7 Å². The van der Waals surface area contributed by atoms with Gasteiger partial charge in [-0.05, 0) is 71.6 Å². The van der Waals surface area contributed by atoms with Crippen molar-refractivity contribution in [3.8, 4) is 0 Å². The van der Waals surface area contributed by atoms with Gasteiger partial charge in [-0.25, -0.2) is 18.9 Å². The third-order valence-corrected chi connectivity index (χ3v) is 10.1. The molecule has 1 fully saturated rings. The van der Waals surface area contributed by atoms with E-state index >= 15 is 0 Å². The molecule has 0 bridgehead atoms. The summed E-state index contributed by atoms with van der Waals surface area (Å²) in [7, 11) is -2.96. The van der Waals surface area contributed by atoms with Crippen molar-refractivity contribution in [2.45, 2.75) is 108 Å². The molecule has 222 valence electrons. The Morgan fingerprint density at radius 3 is 2.33 bits per heavy atom. The third-order valence-electron chi connectivity index (χ3n) is 6.76. The lowest BCUT2D eigenvalue weighted by atomic mass is 10.1. The predicted octanol–water partition coefficient (Wildman–Crippen LogP) is 5.60. The minimum Gasteiger partial charge on any atom is -0.364 e. The molecule has 0 amide bonds. The number of rotatable bonds is 13. The largest absolute Gasteiger partial charge is 0.416 e. The molecule has 2 aromatic rings. The average molecular weight is 592 g/mol. The molecule has 3 atom stereocenters. The molecule has 8 nitrogen and oxygen atoms in total. The summed E-state index contributed by atoms with van der Waals surface area (Å²) in [6, 6.07) is 3.56. The van der Waals surface area contributed by atoms with E-state index in [9.17, 15) is 17.4 Å². The number of nitrogens with one attached hydrogen (secondary N) is 1. The first kappa shape index (κ1) is 32.1. The fourth-order valence-corrected chi connectivity index (χ4v) is 5.24. The molecular weight excluding hydrogens is 547 g/mol. The van der Waals surface area contributed by atoms with Crippen molar-refractivity contribution in [1.82, 2.24) is 19.3 Å². The van der Waals surface area contributed by atoms with Crippen LogP contribution in [-0.4, -0.2) is 56.6 Å². The quantitative estimate of drug-likeness (QED) is 0.232. The van der Waals surface area contributed by atoms with Gasteiger partial charge >= 0.3 is 6.18 Å². The highest BCUT2D eigenvalue weighted by Crippen LogP contribution is 2.39. The lowest BCUT2D eigenvalue weighted by Crippen LogP contribution is -2.45. The van der Waals surface area contributed by atoms with Crippen molar-refractivity contribution in [3.63, 3.8) is 0 Å². The highest BCUT2D eigenvalue weighted by Gasteiger charge is 2.49. The molecule has 0 radical (unpaired) electrons. The second kappa shape index (κ2) is 11.8. The van der Waals surface area contributed by atoms with Crippen molar-refractivity contribution in [2.75, 3.05) is 13.2 Å². The van der Waals surface area contributed by atoms with Crippen LogP contribution in [0, 0.1) is 5.92 Å². The Morgan fingerprint density at radius 1 is 1.15 bits per heavy atom. The molecular formula is C26H44F3N5O3SSi. The normalized spacial score (nSPS) is 17.9. The van der Waals surface area contributed by atoms with Gasteiger partial charge in [0.05, 0.1) is 33.6 Å². The van der Waals surface area contributed by atoms with Crippen LogP contribution in [0.25, 0.3) is 11.2 Å². The number of aromatic nitrogens is 3. The van der Waals surface area contributed by atoms with Crippen molar-refractivity contribution in [1.29, 1.82) is 0 Å². The predicted molar refractivity (Wildman–Crippen MR) is 151 cm³/mol. The molecule has 0 aromatic carbocycles. The first-order valence-corrected chi connectivity index (χ1v) is 18.2. The number of pyridine rings is 1. The van der Waals surface area contributed by atoms with Gasteiger partial charge in [-0.2, -0.15) is 13.2 Å². The van der Waals surface area contributed by atoms with Gasteiger partial charge in [0.15, 0.2) is 11.2 Å². The smallest absolute Gasteiger partial charge is 0.364 e. The highest BCUT2D eigenvalue weighted by molar-refractivity contribution is 7.84. The van der Waals surface area contributed by atoms with Crippen LogP contribution >= 0.6 is 0 Å². The first-order valence-electron chi connectivity index (χ1n) is 13.4. The van der Waals surface area contributed by atoms with Gasteiger partial charge < -0.3 is 19.8 Å². The van der Waals surface area contributed by atoms with Gasteiger partial charge in [-0.15, -0.1) is 0 Å². The number of ether oxygens (including phenoxy) is 2. The number of fused-ring (bicyclic) bond motifs is 1. The van der Waals surface area contributed by atoms with Gasteiger partial charge in [-0.1, -0.05) is 19.6 Å². The number of hydrogen-bond donors (Lipinski definition) is 2. The Kier molecular flexibility index (Phi) is 9.76. The fourth-order valence-electron chi connectivity index (χ4n) is 3.70. The topological polar surface area (TPSA) is 104 Å². The van der Waals surface area contributed by atoms with Crippen LogP contribution < -0.4 is 10.5 Å². The Bertz CT molecular complexity index is 1160. The lowest BCUT2D eigenvalue weighted by molar-refractivity contribution is -0.265. The summed E-state index contributed by atoms with van der Waals surface area (Å²) in [5, 5.41) is 0. The van der Waals surface area contributed by atoms with Crippen LogP contribution in [0.1, 0.15) is 71.1 Å². The number of hydrogen-bond acceptors (Lipinski definition) is 6. The van der Waals surface area contributed by atoms with E-state index in [1.807, 2.05) is 12.1 Å². The molecule has 0 unspecified atom stereocenters. The highest BCUT2D eigenvalue weighted by atomic mass is 32.2. The van der Waals surface area contributed by atoms with Gasteiger partial charge in [0, 0.05) is 20.7 Å². The zero-order valence-corrected chi connectivity index (χ0v) is 26.1. The van der Waals surface area contributed by atoms with Gasteiger partial charge in [-0.3, -0.25) is 0 Å². The molecule has 1 aliphatic rings. The number of nitrogens with two attached hydrogens (primary N) is 1. The molecule has 13 heteroatoms. The van der Waals surface area contributed by atoms with Crippen LogP contribution in [0.15, 0.2) is 12.1 Å². The van der Waals surface area contributed by atoms with Gasteiger partial charge in [0.25, 0.3) is 0 Å². The third kappa shape index (κ3) is 8.56. The molecule has 2 heterocycles. The molecule has 39 heavy (non-hydrogen) atoms. The van der Waals surface area contributed by atoms with Crippen LogP contribution in [0.3, 0.4) is 0 Å². The maximum Gasteiger partial charge on any atom is 0.416 e. The Labute approximate surface area is 233 Å². The van der Waals surface area contributed by atoms with E-state index in [-0.39, 0.29) is 12.8 Å². The van der Waals surface area contributed by atoms with Crippen LogP contribution in [0.2, 0.25) is 25.7 Å². The molecule has 1 aliphatic carbocycles. The zero-order chi connectivity index (χ0) is 29.4. The Hall–Kier alpha value is -1.38. The molecule has 0 aliphatic heterocycles. The van der Waals surface area contributed by atoms with Crippen molar-refractivity contribution in [2.24, 2.45) is 11.7 Å². The SMILES string of the molecule is CC(C)(C)[S@@](=O)N[C@@H](COC(C)(C)C(F)(F)F)c1nc2nc([C@H](N)C3CC3)ccc2n1COCC[Si](C)(C)C. The number of nitrogens with zero attached hydrogens (tertiary/aromatic N) is 3. The summed E-state index contributed by atoms with van der Waals surface area (Å²) in [6.07, 6.45) is -2.47. The average Bonchev–Trinajstić information content (AvgIpc) is 3.58. The van der Waals surface area contributed by atoms with E-state index in [4.69, 9.17) is 25.2 Å². The zero-order valence-electron chi connectivity index (χ0n) is 24.3. The van der Waals surface area contributed by atoms with Crippen LogP contribution in [0.5, 0.6) is 0 Å². The van der Waals surface area contributed by atoms with E-state index < -0.39 is 48.2 Å². The summed E-state index contributed by atoms with van der Waals surface area (Å²) in [5.41, 5.74) is 5.77.